The van der Waals surface area contributed by atoms with Crippen molar-refractivity contribution in [2.45, 2.75) is 10.9 Å². The second kappa shape index (κ2) is 6.29. The first-order valence-corrected chi connectivity index (χ1v) is 10.2. The van der Waals surface area contributed by atoms with Crippen LogP contribution >= 0.6 is 11.3 Å². The molecule has 0 bridgehead atoms. The third-order valence-electron chi connectivity index (χ3n) is 4.16. The Morgan fingerprint density at radius 2 is 2.19 bits per heavy atom. The Hall–Kier alpha value is -2.59. The van der Waals surface area contributed by atoms with Crippen LogP contribution in [-0.2, 0) is 24.4 Å². The van der Waals surface area contributed by atoms with Crippen LogP contribution in [0, 0.1) is 0 Å². The molecule has 0 amide bonds. The van der Waals surface area contributed by atoms with Crippen molar-refractivity contribution in [1.82, 2.24) is 24.3 Å². The van der Waals surface area contributed by atoms with Crippen molar-refractivity contribution < 1.29 is 4.21 Å². The summed E-state index contributed by atoms with van der Waals surface area (Å²) >= 11 is 1.34. The van der Waals surface area contributed by atoms with Crippen LogP contribution < -0.4 is 10.9 Å². The Bertz CT molecular complexity index is 1220. The molecule has 0 saturated carbocycles. The van der Waals surface area contributed by atoms with Gasteiger partial charge in [-0.15, -0.1) is 11.3 Å². The monoisotopic (exact) mass is 388 g/mol. The molecule has 0 aliphatic carbocycles. The highest BCUT2D eigenvalue weighted by atomic mass is 32.2. The molecule has 0 saturated heterocycles. The third-order valence-corrected chi connectivity index (χ3v) is 6.57. The lowest BCUT2D eigenvalue weighted by molar-refractivity contribution is 0.643. The van der Waals surface area contributed by atoms with Crippen molar-refractivity contribution in [2.75, 3.05) is 18.6 Å². The number of aryl methyl sites for hydroxylation is 1. The number of rotatable bonds is 4. The van der Waals surface area contributed by atoms with E-state index in [-0.39, 0.29) is 5.56 Å². The number of anilines is 1. The highest BCUT2D eigenvalue weighted by molar-refractivity contribution is 7.86. The molecule has 4 aromatic heterocycles. The molecule has 4 aromatic rings. The molecule has 4 rings (SSSR count). The van der Waals surface area contributed by atoms with Crippen LogP contribution in [0.3, 0.4) is 0 Å². The summed E-state index contributed by atoms with van der Waals surface area (Å²) in [6.45, 7) is 0.350. The van der Waals surface area contributed by atoms with E-state index >= 15 is 0 Å². The molecule has 0 aromatic carbocycles. The molecule has 0 radical (unpaired) electrons. The van der Waals surface area contributed by atoms with Gasteiger partial charge in [0.05, 0.1) is 28.2 Å². The number of aromatic nitrogens is 5. The van der Waals surface area contributed by atoms with Gasteiger partial charge in [0.1, 0.15) is 11.3 Å². The van der Waals surface area contributed by atoms with Crippen molar-refractivity contribution >= 4 is 49.2 Å². The minimum atomic E-state index is -1.15. The summed E-state index contributed by atoms with van der Waals surface area (Å²) in [6, 6.07) is 3.74. The maximum absolute atomic E-state index is 13.0. The van der Waals surface area contributed by atoms with Crippen LogP contribution in [0.5, 0.6) is 0 Å². The highest BCUT2D eigenvalue weighted by Gasteiger charge is 2.19. The molecule has 8 nitrogen and oxygen atoms in total. The Labute approximate surface area is 155 Å². The van der Waals surface area contributed by atoms with Crippen molar-refractivity contribution in [3.63, 3.8) is 0 Å². The van der Waals surface area contributed by atoms with Crippen LogP contribution in [-0.4, -0.2) is 41.8 Å². The van der Waals surface area contributed by atoms with E-state index in [1.165, 1.54) is 16.0 Å². The molecule has 134 valence electrons. The van der Waals surface area contributed by atoms with Crippen molar-refractivity contribution in [1.29, 1.82) is 0 Å². The van der Waals surface area contributed by atoms with Crippen LogP contribution in [0.2, 0.25) is 0 Å². The predicted octanol–water partition coefficient (Wildman–Crippen LogP) is 1.57. The Kier molecular flexibility index (Phi) is 4.08. The Morgan fingerprint density at radius 1 is 1.38 bits per heavy atom. The first-order valence-electron chi connectivity index (χ1n) is 7.80. The van der Waals surface area contributed by atoms with Gasteiger partial charge < -0.3 is 9.88 Å². The summed E-state index contributed by atoms with van der Waals surface area (Å²) in [4.78, 5) is 21.6. The summed E-state index contributed by atoms with van der Waals surface area (Å²) in [6.07, 6.45) is 4.97. The molecule has 26 heavy (non-hydrogen) atoms. The average molecular weight is 388 g/mol. The third kappa shape index (κ3) is 2.61. The Morgan fingerprint density at radius 3 is 2.92 bits per heavy atom. The summed E-state index contributed by atoms with van der Waals surface area (Å²) in [7, 11) is 2.44. The number of hydrogen-bond acceptors (Lipinski definition) is 7. The summed E-state index contributed by atoms with van der Waals surface area (Å²) in [5.74, 6) is 0.736. The second-order valence-corrected chi connectivity index (χ2v) is 8.37. The van der Waals surface area contributed by atoms with Gasteiger partial charge in [0.25, 0.3) is 5.56 Å². The zero-order valence-electron chi connectivity index (χ0n) is 14.4. The zero-order valence-corrected chi connectivity index (χ0v) is 16.0. The van der Waals surface area contributed by atoms with Crippen molar-refractivity contribution in [3.8, 4) is 0 Å². The first kappa shape index (κ1) is 16.9. The number of nitrogens with one attached hydrogen (secondary N) is 1. The van der Waals surface area contributed by atoms with E-state index in [0.717, 1.165) is 21.5 Å². The van der Waals surface area contributed by atoms with E-state index in [4.69, 9.17) is 0 Å². The van der Waals surface area contributed by atoms with Crippen LogP contribution in [0.1, 0.15) is 5.56 Å². The first-order chi connectivity index (χ1) is 12.5. The van der Waals surface area contributed by atoms with Gasteiger partial charge in [0, 0.05) is 31.9 Å². The van der Waals surface area contributed by atoms with Gasteiger partial charge in [-0.1, -0.05) is 0 Å². The molecule has 4 heterocycles. The topological polar surface area (TPSA) is 94.7 Å². The lowest BCUT2D eigenvalue weighted by atomic mass is 10.2. The average Bonchev–Trinajstić information content (AvgIpc) is 3.18. The van der Waals surface area contributed by atoms with Crippen LogP contribution in [0.25, 0.3) is 21.3 Å². The fraction of sp³-hybridized carbons (Fsp3) is 0.250. The molecule has 1 N–H and O–H groups in total. The van der Waals surface area contributed by atoms with Crippen LogP contribution in [0.15, 0.2) is 33.7 Å². The van der Waals surface area contributed by atoms with E-state index < -0.39 is 10.8 Å². The molecule has 1 atom stereocenters. The SMILES string of the molecule is CNc1cc(Cn2ncc3c4sc(S(C)=O)nc4n(C)c3c2=O)ccn1. The number of thiazole rings is 1. The molecular weight excluding hydrogens is 372 g/mol. The van der Waals surface area contributed by atoms with Crippen LogP contribution in [0.4, 0.5) is 5.82 Å². The van der Waals surface area contributed by atoms with E-state index in [0.29, 0.717) is 22.0 Å². The molecule has 0 spiro atoms. The number of hydrogen-bond donors (Lipinski definition) is 1. The maximum atomic E-state index is 13.0. The molecular formula is C16H16N6O2S2. The van der Waals surface area contributed by atoms with Gasteiger partial charge >= 0.3 is 0 Å². The number of fused-ring (bicyclic) bond motifs is 3. The Balaban J connectivity index is 1.85. The largest absolute Gasteiger partial charge is 0.373 e. The normalized spacial score (nSPS) is 12.7. The van der Waals surface area contributed by atoms with Gasteiger partial charge in [0.15, 0.2) is 9.99 Å². The highest BCUT2D eigenvalue weighted by Crippen LogP contribution is 2.31. The molecule has 0 aliphatic rings. The minimum Gasteiger partial charge on any atom is -0.373 e. The van der Waals surface area contributed by atoms with Crippen molar-refractivity contribution in [3.05, 3.63) is 40.4 Å². The summed E-state index contributed by atoms with van der Waals surface area (Å²) in [5, 5.41) is 8.05. The summed E-state index contributed by atoms with van der Waals surface area (Å²) in [5.41, 5.74) is 1.95. The molecule has 10 heteroatoms. The van der Waals surface area contributed by atoms with Gasteiger partial charge in [-0.05, 0) is 17.7 Å². The molecule has 0 fully saturated rings. The zero-order chi connectivity index (χ0) is 18.4. The van der Waals surface area contributed by atoms with E-state index in [1.54, 1.807) is 37.3 Å². The molecule has 0 aliphatic heterocycles. The van der Waals surface area contributed by atoms with E-state index in [9.17, 15) is 9.00 Å². The quantitative estimate of drug-likeness (QED) is 0.570. The van der Waals surface area contributed by atoms with E-state index in [1.807, 2.05) is 12.1 Å². The minimum absolute atomic E-state index is 0.183. The van der Waals surface area contributed by atoms with Gasteiger partial charge in [-0.25, -0.2) is 14.6 Å². The fourth-order valence-electron chi connectivity index (χ4n) is 2.89. The fourth-order valence-corrected chi connectivity index (χ4v) is 4.66. The lowest BCUT2D eigenvalue weighted by Crippen LogP contribution is -2.24. The number of nitrogens with zero attached hydrogens (tertiary/aromatic N) is 5. The number of pyridine rings is 1. The standard InChI is InChI=1S/C16H16N6O2S2/c1-17-11-6-9(4-5-18-11)8-22-15(23)12-10(7-19-22)13-14(21(12)2)20-16(25-13)26(3)24/h4-7H,8H2,1-3H3,(H,17,18). The van der Waals surface area contributed by atoms with E-state index in [2.05, 4.69) is 20.4 Å². The van der Waals surface area contributed by atoms with Gasteiger partial charge in [-0.3, -0.25) is 9.00 Å². The summed E-state index contributed by atoms with van der Waals surface area (Å²) < 4.78 is 16.3. The predicted molar refractivity (Wildman–Crippen MR) is 103 cm³/mol. The second-order valence-electron chi connectivity index (χ2n) is 5.81. The maximum Gasteiger partial charge on any atom is 0.291 e. The van der Waals surface area contributed by atoms with Gasteiger partial charge in [-0.2, -0.15) is 5.10 Å². The molecule has 1 unspecified atom stereocenters. The lowest BCUT2D eigenvalue weighted by Gasteiger charge is -2.07. The smallest absolute Gasteiger partial charge is 0.291 e. The van der Waals surface area contributed by atoms with Gasteiger partial charge in [0.2, 0.25) is 0 Å². The van der Waals surface area contributed by atoms with Crippen molar-refractivity contribution in [2.24, 2.45) is 7.05 Å².